The van der Waals surface area contributed by atoms with Crippen molar-refractivity contribution in [3.05, 3.63) is 22.7 Å². The zero-order valence-corrected chi connectivity index (χ0v) is 12.9. The van der Waals surface area contributed by atoms with Crippen LogP contribution in [0.15, 0.2) is 12.1 Å². The summed E-state index contributed by atoms with van der Waals surface area (Å²) in [5, 5.41) is 14.0. The summed E-state index contributed by atoms with van der Waals surface area (Å²) in [5.41, 5.74) is 0.764. The van der Waals surface area contributed by atoms with Gasteiger partial charge in [-0.2, -0.15) is 0 Å². The van der Waals surface area contributed by atoms with E-state index in [1.807, 2.05) is 0 Å². The number of hydrogen-bond donors (Lipinski definition) is 2. The number of nitrogens with one attached hydrogen (secondary N) is 1. The minimum Gasteiger partial charge on any atom is -0.504 e. The van der Waals surface area contributed by atoms with E-state index in [0.717, 1.165) is 12.0 Å². The summed E-state index contributed by atoms with van der Waals surface area (Å²) in [6.45, 7) is 7.19. The van der Waals surface area contributed by atoms with Crippen LogP contribution in [0.3, 0.4) is 0 Å². The summed E-state index contributed by atoms with van der Waals surface area (Å²) in [4.78, 5) is 0. The molecule has 1 aromatic rings. The van der Waals surface area contributed by atoms with Gasteiger partial charge in [-0.15, -0.1) is 0 Å². The highest BCUT2D eigenvalue weighted by molar-refractivity contribution is 6.30. The van der Waals surface area contributed by atoms with Gasteiger partial charge in [-0.1, -0.05) is 31.9 Å². The molecular weight excluding hydrogens is 262 g/mol. The molecule has 0 amide bonds. The Morgan fingerprint density at radius 2 is 2.05 bits per heavy atom. The summed E-state index contributed by atoms with van der Waals surface area (Å²) in [6.07, 6.45) is 2.30. The largest absolute Gasteiger partial charge is 0.504 e. The first-order valence-corrected chi connectivity index (χ1v) is 7.14. The number of hydrogen-bond acceptors (Lipinski definition) is 3. The monoisotopic (exact) mass is 285 g/mol. The smallest absolute Gasteiger partial charge is 0.162 e. The van der Waals surface area contributed by atoms with Gasteiger partial charge in [0.05, 0.1) is 7.11 Å². The summed E-state index contributed by atoms with van der Waals surface area (Å²) in [5.74, 6) is 1.28. The Hall–Kier alpha value is -0.930. The lowest BCUT2D eigenvalue weighted by atomic mass is 10.0. The summed E-state index contributed by atoms with van der Waals surface area (Å²) < 4.78 is 5.09. The fourth-order valence-electron chi connectivity index (χ4n) is 2.06. The minimum absolute atomic E-state index is 0.162. The lowest BCUT2D eigenvalue weighted by molar-refractivity contribution is 0.366. The topological polar surface area (TPSA) is 41.5 Å². The van der Waals surface area contributed by atoms with Crippen molar-refractivity contribution in [1.29, 1.82) is 0 Å². The predicted molar refractivity (Wildman–Crippen MR) is 80.0 cm³/mol. The van der Waals surface area contributed by atoms with Crippen LogP contribution in [0, 0.1) is 5.92 Å². The SMILES string of the molecule is CCC(C)CC(C)NCc1cc(Cl)cc(OC)c1O. The Morgan fingerprint density at radius 1 is 1.37 bits per heavy atom. The molecule has 2 atom stereocenters. The molecule has 0 aromatic heterocycles. The Balaban J connectivity index is 2.65. The number of methoxy groups -OCH3 is 1. The number of rotatable bonds is 7. The second-order valence-corrected chi connectivity index (χ2v) is 5.58. The average Bonchev–Trinajstić information content (AvgIpc) is 2.39. The maximum Gasteiger partial charge on any atom is 0.162 e. The number of phenols is 1. The van der Waals surface area contributed by atoms with Gasteiger partial charge in [-0.3, -0.25) is 0 Å². The molecule has 2 N–H and O–H groups in total. The van der Waals surface area contributed by atoms with E-state index in [1.54, 1.807) is 12.1 Å². The van der Waals surface area contributed by atoms with Crippen LogP contribution in [0.25, 0.3) is 0 Å². The van der Waals surface area contributed by atoms with E-state index < -0.39 is 0 Å². The maximum absolute atomic E-state index is 10.0. The average molecular weight is 286 g/mol. The molecule has 0 fully saturated rings. The quantitative estimate of drug-likeness (QED) is 0.796. The van der Waals surface area contributed by atoms with Crippen molar-refractivity contribution in [1.82, 2.24) is 5.32 Å². The van der Waals surface area contributed by atoms with Crippen molar-refractivity contribution in [2.24, 2.45) is 5.92 Å². The van der Waals surface area contributed by atoms with Gasteiger partial charge in [0.2, 0.25) is 0 Å². The van der Waals surface area contributed by atoms with Crippen LogP contribution in [-0.4, -0.2) is 18.3 Å². The third kappa shape index (κ3) is 4.92. The van der Waals surface area contributed by atoms with E-state index in [-0.39, 0.29) is 5.75 Å². The van der Waals surface area contributed by atoms with Gasteiger partial charge in [-0.05, 0) is 25.3 Å². The maximum atomic E-state index is 10.0. The van der Waals surface area contributed by atoms with Gasteiger partial charge < -0.3 is 15.2 Å². The Morgan fingerprint density at radius 3 is 2.63 bits per heavy atom. The molecule has 0 saturated carbocycles. The molecule has 2 unspecified atom stereocenters. The van der Waals surface area contributed by atoms with Crippen molar-refractivity contribution >= 4 is 11.6 Å². The number of phenolic OH excluding ortho intramolecular Hbond substituents is 1. The Kier molecular flexibility index (Phi) is 6.46. The molecule has 0 aliphatic rings. The van der Waals surface area contributed by atoms with E-state index in [0.29, 0.717) is 29.3 Å². The second kappa shape index (κ2) is 7.61. The highest BCUT2D eigenvalue weighted by Crippen LogP contribution is 2.33. The predicted octanol–water partition coefficient (Wildman–Crippen LogP) is 3.97. The van der Waals surface area contributed by atoms with Gasteiger partial charge >= 0.3 is 0 Å². The zero-order chi connectivity index (χ0) is 14.4. The van der Waals surface area contributed by atoms with E-state index in [1.165, 1.54) is 13.5 Å². The van der Waals surface area contributed by atoms with Crippen molar-refractivity contribution < 1.29 is 9.84 Å². The molecule has 0 aliphatic heterocycles. The molecule has 0 saturated heterocycles. The first-order chi connectivity index (χ1) is 8.97. The summed E-state index contributed by atoms with van der Waals surface area (Å²) in [6, 6.07) is 3.78. The molecule has 0 spiro atoms. The Labute approximate surface area is 120 Å². The van der Waals surface area contributed by atoms with Crippen molar-refractivity contribution in [3.8, 4) is 11.5 Å². The van der Waals surface area contributed by atoms with Crippen LogP contribution in [-0.2, 0) is 6.54 Å². The van der Waals surface area contributed by atoms with Crippen LogP contribution in [0.4, 0.5) is 0 Å². The van der Waals surface area contributed by atoms with Crippen molar-refractivity contribution in [2.75, 3.05) is 7.11 Å². The molecule has 0 heterocycles. The molecular formula is C15H24ClNO2. The first kappa shape index (κ1) is 16.1. The first-order valence-electron chi connectivity index (χ1n) is 6.76. The van der Waals surface area contributed by atoms with E-state index in [2.05, 4.69) is 26.1 Å². The number of ether oxygens (including phenoxy) is 1. The second-order valence-electron chi connectivity index (χ2n) is 5.15. The molecule has 0 bridgehead atoms. The fourth-order valence-corrected chi connectivity index (χ4v) is 2.29. The molecule has 0 radical (unpaired) electrons. The molecule has 0 aliphatic carbocycles. The molecule has 19 heavy (non-hydrogen) atoms. The zero-order valence-electron chi connectivity index (χ0n) is 12.2. The van der Waals surface area contributed by atoms with Crippen LogP contribution >= 0.6 is 11.6 Å². The van der Waals surface area contributed by atoms with Crippen LogP contribution < -0.4 is 10.1 Å². The Bertz CT molecular complexity index is 409. The molecule has 1 rings (SSSR count). The van der Waals surface area contributed by atoms with E-state index in [4.69, 9.17) is 16.3 Å². The van der Waals surface area contributed by atoms with E-state index >= 15 is 0 Å². The molecule has 108 valence electrons. The van der Waals surface area contributed by atoms with Gasteiger partial charge in [-0.25, -0.2) is 0 Å². The van der Waals surface area contributed by atoms with E-state index in [9.17, 15) is 5.11 Å². The van der Waals surface area contributed by atoms with Crippen LogP contribution in [0.2, 0.25) is 5.02 Å². The fraction of sp³-hybridized carbons (Fsp3) is 0.600. The molecule has 3 nitrogen and oxygen atoms in total. The molecule has 4 heteroatoms. The van der Waals surface area contributed by atoms with Crippen molar-refractivity contribution in [2.45, 2.75) is 46.2 Å². The van der Waals surface area contributed by atoms with Gasteiger partial charge in [0.25, 0.3) is 0 Å². The normalized spacial score (nSPS) is 14.2. The highest BCUT2D eigenvalue weighted by atomic mass is 35.5. The van der Waals surface area contributed by atoms with Crippen LogP contribution in [0.1, 0.15) is 39.2 Å². The number of aromatic hydroxyl groups is 1. The number of benzene rings is 1. The third-order valence-electron chi connectivity index (χ3n) is 3.43. The standard InChI is InChI=1S/C15H24ClNO2/c1-5-10(2)6-11(3)17-9-12-7-13(16)8-14(19-4)15(12)18/h7-8,10-11,17-18H,5-6,9H2,1-4H3. The lowest BCUT2D eigenvalue weighted by Gasteiger charge is -2.18. The van der Waals surface area contributed by atoms with Crippen molar-refractivity contribution in [3.63, 3.8) is 0 Å². The van der Waals surface area contributed by atoms with Crippen LogP contribution in [0.5, 0.6) is 11.5 Å². The lowest BCUT2D eigenvalue weighted by Crippen LogP contribution is -2.27. The highest BCUT2D eigenvalue weighted by Gasteiger charge is 2.12. The number of halogens is 1. The molecule has 1 aromatic carbocycles. The third-order valence-corrected chi connectivity index (χ3v) is 3.65. The van der Waals surface area contributed by atoms with Gasteiger partial charge in [0.1, 0.15) is 0 Å². The summed E-state index contributed by atoms with van der Waals surface area (Å²) >= 11 is 6.00. The summed E-state index contributed by atoms with van der Waals surface area (Å²) in [7, 11) is 1.52. The van der Waals surface area contributed by atoms with Gasteiger partial charge in [0, 0.05) is 29.2 Å². The van der Waals surface area contributed by atoms with Gasteiger partial charge in [0.15, 0.2) is 11.5 Å². The minimum atomic E-state index is 0.162.